The van der Waals surface area contributed by atoms with Gasteiger partial charge >= 0.3 is 0 Å². The van der Waals surface area contributed by atoms with Gasteiger partial charge in [-0.15, -0.1) is 0 Å². The topological polar surface area (TPSA) is 23.8 Å². The predicted molar refractivity (Wildman–Crippen MR) is 68.1 cm³/mol. The van der Waals surface area contributed by atoms with Gasteiger partial charge in [-0.3, -0.25) is 0 Å². The van der Waals surface area contributed by atoms with Gasteiger partial charge in [-0.1, -0.05) is 43.2 Å². The highest BCUT2D eigenvalue weighted by atomic mass is 14.2. The molecule has 0 aromatic heterocycles. The molecule has 1 rings (SSSR count). The number of aryl methyl sites for hydroxylation is 2. The molecule has 0 aliphatic carbocycles. The van der Waals surface area contributed by atoms with Crippen LogP contribution in [0.3, 0.4) is 0 Å². The second kappa shape index (κ2) is 6.85. The third-order valence-electron chi connectivity index (χ3n) is 2.68. The molecule has 1 aromatic carbocycles. The summed E-state index contributed by atoms with van der Waals surface area (Å²) < 4.78 is 0. The van der Waals surface area contributed by atoms with Crippen molar-refractivity contribution in [2.24, 2.45) is 0 Å². The van der Waals surface area contributed by atoms with Crippen LogP contribution in [0.15, 0.2) is 35.9 Å². The summed E-state index contributed by atoms with van der Waals surface area (Å²) in [5.41, 5.74) is 3.92. The lowest BCUT2D eigenvalue weighted by atomic mass is 10.0. The van der Waals surface area contributed by atoms with Crippen molar-refractivity contribution in [2.75, 3.05) is 0 Å². The fraction of sp³-hybridized carbons (Fsp3) is 0.400. The molecular formula is C15H19N. The van der Waals surface area contributed by atoms with Gasteiger partial charge in [0.2, 0.25) is 0 Å². The van der Waals surface area contributed by atoms with E-state index in [1.54, 1.807) is 6.08 Å². The van der Waals surface area contributed by atoms with Crippen LogP contribution < -0.4 is 0 Å². The largest absolute Gasteiger partial charge is 0.193 e. The van der Waals surface area contributed by atoms with E-state index in [9.17, 15) is 0 Å². The lowest BCUT2D eigenvalue weighted by Crippen LogP contribution is -1.88. The monoisotopic (exact) mass is 213 g/mol. The molecular weight excluding hydrogens is 194 g/mol. The summed E-state index contributed by atoms with van der Waals surface area (Å²) in [4.78, 5) is 0. The van der Waals surface area contributed by atoms with E-state index in [2.05, 4.69) is 37.3 Å². The summed E-state index contributed by atoms with van der Waals surface area (Å²) in [6.45, 7) is 4.21. The molecule has 0 bridgehead atoms. The molecule has 0 fully saturated rings. The van der Waals surface area contributed by atoms with Crippen LogP contribution in [0.2, 0.25) is 0 Å². The van der Waals surface area contributed by atoms with E-state index in [-0.39, 0.29) is 0 Å². The van der Waals surface area contributed by atoms with Crippen molar-refractivity contribution in [1.82, 2.24) is 0 Å². The first-order valence-corrected chi connectivity index (χ1v) is 5.89. The maximum atomic E-state index is 8.50. The number of rotatable bonds is 5. The van der Waals surface area contributed by atoms with E-state index in [0.717, 1.165) is 24.8 Å². The second-order valence-corrected chi connectivity index (χ2v) is 4.19. The summed E-state index contributed by atoms with van der Waals surface area (Å²) in [7, 11) is 0. The summed E-state index contributed by atoms with van der Waals surface area (Å²) >= 11 is 0. The zero-order chi connectivity index (χ0) is 11.8. The molecule has 0 radical (unpaired) electrons. The minimum atomic E-state index is 0.973. The number of allylic oxidation sites excluding steroid dienone is 2. The van der Waals surface area contributed by atoms with Crippen LogP contribution in [-0.4, -0.2) is 0 Å². The maximum absolute atomic E-state index is 8.50. The number of hydrogen-bond acceptors (Lipinski definition) is 1. The van der Waals surface area contributed by atoms with Crippen molar-refractivity contribution in [1.29, 1.82) is 5.26 Å². The zero-order valence-corrected chi connectivity index (χ0v) is 10.2. The predicted octanol–water partition coefficient (Wildman–Crippen LogP) is 4.04. The van der Waals surface area contributed by atoms with Gasteiger partial charge in [-0.2, -0.15) is 5.26 Å². The van der Waals surface area contributed by atoms with Crippen LogP contribution in [0, 0.1) is 11.3 Å². The Labute approximate surface area is 98.4 Å². The van der Waals surface area contributed by atoms with Crippen LogP contribution in [0.25, 0.3) is 0 Å². The molecule has 1 heteroatoms. The molecule has 0 heterocycles. The first-order valence-electron chi connectivity index (χ1n) is 5.89. The Kier molecular flexibility index (Phi) is 5.36. The molecule has 0 atom stereocenters. The van der Waals surface area contributed by atoms with E-state index in [4.69, 9.17) is 5.26 Å². The Morgan fingerprint density at radius 3 is 2.25 bits per heavy atom. The number of hydrogen-bond donors (Lipinski definition) is 0. The van der Waals surface area contributed by atoms with E-state index in [1.165, 1.54) is 17.5 Å². The number of nitriles is 1. The van der Waals surface area contributed by atoms with Crippen molar-refractivity contribution >= 4 is 0 Å². The molecule has 0 saturated carbocycles. The summed E-state index contributed by atoms with van der Waals surface area (Å²) in [6.07, 6.45) is 5.99. The van der Waals surface area contributed by atoms with Crippen LogP contribution in [-0.2, 0) is 12.8 Å². The Morgan fingerprint density at radius 1 is 1.19 bits per heavy atom. The Hall–Kier alpha value is -1.55. The van der Waals surface area contributed by atoms with Crippen LogP contribution in [0.4, 0.5) is 0 Å². The molecule has 0 saturated heterocycles. The quantitative estimate of drug-likeness (QED) is 0.677. The van der Waals surface area contributed by atoms with Crippen LogP contribution in [0.5, 0.6) is 0 Å². The van der Waals surface area contributed by atoms with Gasteiger partial charge in [0.1, 0.15) is 0 Å². The highest BCUT2D eigenvalue weighted by Crippen LogP contribution is 2.11. The van der Waals surface area contributed by atoms with E-state index >= 15 is 0 Å². The third kappa shape index (κ3) is 4.31. The highest BCUT2D eigenvalue weighted by molar-refractivity contribution is 5.24. The Balaban J connectivity index is 2.50. The second-order valence-electron chi connectivity index (χ2n) is 4.19. The van der Waals surface area contributed by atoms with E-state index in [1.807, 2.05) is 6.92 Å². The zero-order valence-electron chi connectivity index (χ0n) is 10.2. The Morgan fingerprint density at radius 2 is 1.75 bits per heavy atom. The molecule has 0 aliphatic rings. The Bertz CT molecular complexity index is 379. The van der Waals surface area contributed by atoms with Crippen molar-refractivity contribution in [3.05, 3.63) is 47.0 Å². The summed E-state index contributed by atoms with van der Waals surface area (Å²) in [6, 6.07) is 10.9. The molecule has 1 aromatic rings. The van der Waals surface area contributed by atoms with Gasteiger partial charge in [0.25, 0.3) is 0 Å². The van der Waals surface area contributed by atoms with Gasteiger partial charge < -0.3 is 0 Å². The molecule has 0 amide bonds. The minimum absolute atomic E-state index is 0.973. The van der Waals surface area contributed by atoms with Gasteiger partial charge in [0.05, 0.1) is 6.07 Å². The van der Waals surface area contributed by atoms with E-state index < -0.39 is 0 Å². The van der Waals surface area contributed by atoms with Crippen LogP contribution in [0.1, 0.15) is 37.8 Å². The van der Waals surface area contributed by atoms with E-state index in [0.29, 0.717) is 0 Å². The van der Waals surface area contributed by atoms with Crippen molar-refractivity contribution < 1.29 is 0 Å². The van der Waals surface area contributed by atoms with Gasteiger partial charge in [-0.05, 0) is 37.3 Å². The first-order chi connectivity index (χ1) is 7.76. The number of benzene rings is 1. The lowest BCUT2D eigenvalue weighted by Gasteiger charge is -2.03. The molecule has 0 N–H and O–H groups in total. The SMILES string of the molecule is CCCc1ccc(CC/C(C)=C\C#N)cc1. The van der Waals surface area contributed by atoms with Crippen molar-refractivity contribution in [3.63, 3.8) is 0 Å². The number of nitrogens with zero attached hydrogens (tertiary/aromatic N) is 1. The minimum Gasteiger partial charge on any atom is -0.193 e. The average molecular weight is 213 g/mol. The van der Waals surface area contributed by atoms with Crippen LogP contribution >= 0.6 is 0 Å². The van der Waals surface area contributed by atoms with Crippen molar-refractivity contribution in [3.8, 4) is 6.07 Å². The molecule has 0 aliphatic heterocycles. The summed E-state index contributed by atoms with van der Waals surface area (Å²) in [5.74, 6) is 0. The van der Waals surface area contributed by atoms with Gasteiger partial charge in [-0.25, -0.2) is 0 Å². The lowest BCUT2D eigenvalue weighted by molar-refractivity contribution is 0.911. The molecule has 0 spiro atoms. The normalized spacial score (nSPS) is 11.2. The molecule has 16 heavy (non-hydrogen) atoms. The molecule has 0 unspecified atom stereocenters. The fourth-order valence-electron chi connectivity index (χ4n) is 1.69. The van der Waals surface area contributed by atoms with Gasteiger partial charge in [0.15, 0.2) is 0 Å². The highest BCUT2D eigenvalue weighted by Gasteiger charge is 1.96. The van der Waals surface area contributed by atoms with Crippen molar-refractivity contribution in [2.45, 2.75) is 39.5 Å². The first kappa shape index (κ1) is 12.5. The maximum Gasteiger partial charge on any atom is 0.0911 e. The standard InChI is InChI=1S/C15H19N/c1-3-4-14-7-9-15(10-8-14)6-5-13(2)11-12-16/h7-11H,3-6H2,1-2H3/b13-11-. The van der Waals surface area contributed by atoms with Gasteiger partial charge in [0, 0.05) is 6.08 Å². The molecule has 1 nitrogen and oxygen atoms in total. The fourth-order valence-corrected chi connectivity index (χ4v) is 1.69. The third-order valence-corrected chi connectivity index (χ3v) is 2.68. The smallest absolute Gasteiger partial charge is 0.0911 e. The summed E-state index contributed by atoms with van der Waals surface area (Å²) in [5, 5.41) is 8.50. The average Bonchev–Trinajstić information content (AvgIpc) is 2.29. The molecule has 84 valence electrons.